The summed E-state index contributed by atoms with van der Waals surface area (Å²) >= 11 is 0. The van der Waals surface area contributed by atoms with Crippen LogP contribution in [0.1, 0.15) is 51.0 Å². The van der Waals surface area contributed by atoms with E-state index in [1.807, 2.05) is 30.3 Å². The lowest BCUT2D eigenvalue weighted by atomic mass is 9.48. The Hall–Kier alpha value is -2.86. The second-order valence-corrected chi connectivity index (χ2v) is 13.2. The maximum Gasteiger partial charge on any atom is 0.265 e. The van der Waals surface area contributed by atoms with Gasteiger partial charge in [-0.25, -0.2) is 8.42 Å². The molecule has 5 aliphatic rings. The van der Waals surface area contributed by atoms with E-state index in [1.54, 1.807) is 25.1 Å². The molecule has 4 bridgehead atoms. The lowest BCUT2D eigenvalue weighted by molar-refractivity contribution is -0.116. The summed E-state index contributed by atoms with van der Waals surface area (Å²) in [5, 5.41) is 4.52. The van der Waals surface area contributed by atoms with Gasteiger partial charge in [0.1, 0.15) is 6.04 Å². The molecule has 6 heteroatoms. The van der Waals surface area contributed by atoms with Crippen molar-refractivity contribution in [2.45, 2.75) is 61.8 Å². The summed E-state index contributed by atoms with van der Waals surface area (Å²) < 4.78 is 28.0. The van der Waals surface area contributed by atoms with E-state index in [9.17, 15) is 13.2 Å². The summed E-state index contributed by atoms with van der Waals surface area (Å²) in [4.78, 5) is 13.5. The first-order chi connectivity index (χ1) is 16.8. The fraction of sp³-hybridized carbons (Fsp3) is 0.414. The van der Waals surface area contributed by atoms with Crippen molar-refractivity contribution in [2.24, 2.45) is 17.8 Å². The monoisotopic (exact) mass is 486 g/mol. The zero-order chi connectivity index (χ0) is 23.9. The normalized spacial score (nSPS) is 30.5. The predicted molar refractivity (Wildman–Crippen MR) is 138 cm³/mol. The number of nitrogens with one attached hydrogen (secondary N) is 1. The Balaban J connectivity index is 1.13. The number of hydrogen-bond donors (Lipinski definition) is 1. The third-order valence-electron chi connectivity index (χ3n) is 9.15. The van der Waals surface area contributed by atoms with Gasteiger partial charge in [-0.3, -0.25) is 9.10 Å². The van der Waals surface area contributed by atoms with Gasteiger partial charge in [0.25, 0.3) is 10.0 Å². The highest BCUT2D eigenvalue weighted by atomic mass is 32.2. The van der Waals surface area contributed by atoms with Crippen molar-refractivity contribution >= 4 is 38.1 Å². The van der Waals surface area contributed by atoms with Crippen LogP contribution < -0.4 is 9.62 Å². The van der Waals surface area contributed by atoms with Crippen LogP contribution in [0.15, 0.2) is 65.6 Å². The average Bonchev–Trinajstić information content (AvgIpc) is 3.06. The number of benzene rings is 3. The van der Waals surface area contributed by atoms with E-state index in [0.29, 0.717) is 22.2 Å². The van der Waals surface area contributed by atoms with Gasteiger partial charge in [-0.15, -0.1) is 0 Å². The Labute approximate surface area is 206 Å². The summed E-state index contributed by atoms with van der Waals surface area (Å²) in [5.41, 5.74) is 3.01. The van der Waals surface area contributed by atoms with Crippen LogP contribution in [-0.4, -0.2) is 20.4 Å². The number of rotatable bonds is 4. The lowest BCUT2D eigenvalue weighted by Crippen LogP contribution is -2.48. The fourth-order valence-corrected chi connectivity index (χ4v) is 9.93. The Kier molecular flexibility index (Phi) is 4.48. The summed E-state index contributed by atoms with van der Waals surface area (Å²) in [6, 6.07) is 18.3. The van der Waals surface area contributed by atoms with Crippen molar-refractivity contribution in [2.75, 3.05) is 9.62 Å². The molecule has 3 aromatic carbocycles. The van der Waals surface area contributed by atoms with Gasteiger partial charge < -0.3 is 5.32 Å². The van der Waals surface area contributed by atoms with Crippen LogP contribution in [0, 0.1) is 17.8 Å². The zero-order valence-electron chi connectivity index (χ0n) is 19.9. The average molecular weight is 487 g/mol. The van der Waals surface area contributed by atoms with E-state index in [1.165, 1.54) is 48.4 Å². The molecule has 4 fully saturated rings. The summed E-state index contributed by atoms with van der Waals surface area (Å²) in [6.07, 6.45) is 8.18. The van der Waals surface area contributed by atoms with Crippen LogP contribution >= 0.6 is 0 Å². The number of hydrogen-bond acceptors (Lipinski definition) is 3. The summed E-state index contributed by atoms with van der Waals surface area (Å²) in [7, 11) is -3.80. The third kappa shape index (κ3) is 3.11. The molecule has 0 unspecified atom stereocenters. The molecule has 3 aromatic rings. The van der Waals surface area contributed by atoms with E-state index in [2.05, 4.69) is 17.4 Å². The van der Waals surface area contributed by atoms with Crippen molar-refractivity contribution < 1.29 is 13.2 Å². The van der Waals surface area contributed by atoms with Crippen molar-refractivity contribution in [3.63, 3.8) is 0 Å². The van der Waals surface area contributed by atoms with E-state index < -0.39 is 16.1 Å². The van der Waals surface area contributed by atoms with Gasteiger partial charge >= 0.3 is 0 Å². The van der Waals surface area contributed by atoms with Crippen molar-refractivity contribution in [3.05, 3.63) is 66.2 Å². The number of carbonyl (C=O) groups is 1. The molecule has 0 aromatic heterocycles. The number of nitrogens with zero attached hydrogens (tertiary/aromatic N) is 1. The molecule has 1 atom stereocenters. The molecule has 4 aliphatic carbocycles. The molecule has 180 valence electrons. The first-order valence-corrected chi connectivity index (χ1v) is 14.3. The number of carbonyl (C=O) groups excluding carboxylic acids is 1. The molecule has 1 N–H and O–H groups in total. The highest BCUT2D eigenvalue weighted by Crippen LogP contribution is 2.60. The molecular weight excluding hydrogens is 456 g/mol. The summed E-state index contributed by atoms with van der Waals surface area (Å²) in [6.45, 7) is 1.65. The molecule has 1 aliphatic heterocycles. The van der Waals surface area contributed by atoms with Gasteiger partial charge in [-0.2, -0.15) is 0 Å². The molecule has 4 saturated carbocycles. The molecule has 1 amide bonds. The molecule has 35 heavy (non-hydrogen) atoms. The predicted octanol–water partition coefficient (Wildman–Crippen LogP) is 5.84. The highest BCUT2D eigenvalue weighted by molar-refractivity contribution is 7.93. The summed E-state index contributed by atoms with van der Waals surface area (Å²) in [5.74, 6) is 2.33. The van der Waals surface area contributed by atoms with E-state index in [-0.39, 0.29) is 10.8 Å². The Morgan fingerprint density at radius 2 is 1.51 bits per heavy atom. The van der Waals surface area contributed by atoms with Gasteiger partial charge in [0.2, 0.25) is 5.91 Å². The van der Waals surface area contributed by atoms with Crippen LogP contribution in [0.4, 0.5) is 11.4 Å². The van der Waals surface area contributed by atoms with Gasteiger partial charge in [-0.05, 0) is 104 Å². The van der Waals surface area contributed by atoms with Crippen molar-refractivity contribution in [3.8, 4) is 0 Å². The van der Waals surface area contributed by atoms with Crippen LogP contribution in [-0.2, 0) is 20.2 Å². The molecule has 1 heterocycles. The van der Waals surface area contributed by atoms with Crippen LogP contribution in [0.5, 0.6) is 0 Å². The number of sulfonamides is 1. The zero-order valence-corrected chi connectivity index (χ0v) is 20.7. The van der Waals surface area contributed by atoms with Crippen LogP contribution in [0.2, 0.25) is 0 Å². The minimum Gasteiger partial charge on any atom is -0.324 e. The minimum absolute atomic E-state index is 0.269. The standard InChI is InChI=1S/C29H30N2O3S/c1-18(31-25-6-2-4-22-5-3-7-26(27(22)25)35(31,33)34)28(32)30-24-10-8-23(9-11-24)29-15-19-12-20(16-29)14-21(13-19)17-29/h2-11,18-21H,12-17H2,1H3,(H,30,32)/t18-,19?,20?,21?,29?/m0/s1. The molecule has 8 rings (SSSR count). The molecular formula is C29H30N2O3S. The molecule has 5 nitrogen and oxygen atoms in total. The van der Waals surface area contributed by atoms with E-state index in [4.69, 9.17) is 0 Å². The second kappa shape index (κ2) is 7.33. The SMILES string of the molecule is C[C@@H](C(=O)Nc1ccc(C23CC4CC(CC(C4)C2)C3)cc1)N1c2cccc3cccc(c23)S1(=O)=O. The largest absolute Gasteiger partial charge is 0.324 e. The topological polar surface area (TPSA) is 66.5 Å². The van der Waals surface area contributed by atoms with Crippen molar-refractivity contribution in [1.82, 2.24) is 0 Å². The number of anilines is 2. The van der Waals surface area contributed by atoms with Gasteiger partial charge in [0.05, 0.1) is 10.6 Å². The van der Waals surface area contributed by atoms with Gasteiger partial charge in [0, 0.05) is 11.1 Å². The van der Waals surface area contributed by atoms with E-state index >= 15 is 0 Å². The Morgan fingerprint density at radius 3 is 2.14 bits per heavy atom. The smallest absolute Gasteiger partial charge is 0.265 e. The van der Waals surface area contributed by atoms with Gasteiger partial charge in [-0.1, -0.05) is 36.4 Å². The van der Waals surface area contributed by atoms with Gasteiger partial charge in [0.15, 0.2) is 0 Å². The molecule has 0 radical (unpaired) electrons. The van der Waals surface area contributed by atoms with Crippen LogP contribution in [0.25, 0.3) is 10.8 Å². The maximum absolute atomic E-state index is 13.4. The maximum atomic E-state index is 13.4. The highest BCUT2D eigenvalue weighted by Gasteiger charge is 2.51. The molecule has 0 saturated heterocycles. The number of amides is 1. The molecule has 0 spiro atoms. The lowest BCUT2D eigenvalue weighted by Gasteiger charge is -2.57. The van der Waals surface area contributed by atoms with Crippen LogP contribution in [0.3, 0.4) is 0 Å². The quantitative estimate of drug-likeness (QED) is 0.504. The Morgan fingerprint density at radius 1 is 0.914 bits per heavy atom. The van der Waals surface area contributed by atoms with Crippen molar-refractivity contribution in [1.29, 1.82) is 0 Å². The third-order valence-corrected chi connectivity index (χ3v) is 11.1. The Bertz CT molecular complexity index is 1420. The van der Waals surface area contributed by atoms with E-state index in [0.717, 1.165) is 23.1 Å². The minimum atomic E-state index is -3.80. The fourth-order valence-electron chi connectivity index (χ4n) is 8.06. The second-order valence-electron chi connectivity index (χ2n) is 11.4. The first-order valence-electron chi connectivity index (χ1n) is 12.8. The first kappa shape index (κ1) is 21.4.